The van der Waals surface area contributed by atoms with Gasteiger partial charge in [0.25, 0.3) is 0 Å². The number of benzene rings is 1. The van der Waals surface area contributed by atoms with E-state index in [2.05, 4.69) is 27.4 Å². The maximum atomic E-state index is 5.97. The lowest BCUT2D eigenvalue weighted by Crippen LogP contribution is -2.47. The molecule has 1 aliphatic carbocycles. The summed E-state index contributed by atoms with van der Waals surface area (Å²) in [6, 6.07) is 8.99. The monoisotopic (exact) mass is 502 g/mol. The number of aliphatic imine (C=N–C) groups is 1. The summed E-state index contributed by atoms with van der Waals surface area (Å²) in [7, 11) is 3.49. The average molecular weight is 502 g/mol. The van der Waals surface area contributed by atoms with E-state index in [1.807, 2.05) is 31.3 Å². The van der Waals surface area contributed by atoms with Crippen molar-refractivity contribution in [3.05, 3.63) is 24.3 Å². The molecule has 1 aromatic carbocycles. The largest absolute Gasteiger partial charge is 0.497 e. The molecule has 0 spiro atoms. The second-order valence-corrected chi connectivity index (χ2v) is 7.62. The van der Waals surface area contributed by atoms with Gasteiger partial charge in [-0.25, -0.2) is 0 Å². The van der Waals surface area contributed by atoms with Crippen LogP contribution in [0.15, 0.2) is 29.3 Å². The minimum Gasteiger partial charge on any atom is -0.497 e. The fourth-order valence-corrected chi connectivity index (χ4v) is 4.08. The van der Waals surface area contributed by atoms with E-state index in [-0.39, 0.29) is 30.1 Å². The molecular formula is C21H35IN4O2. The molecule has 2 unspecified atom stereocenters. The van der Waals surface area contributed by atoms with Crippen LogP contribution in [0.1, 0.15) is 39.0 Å². The van der Waals surface area contributed by atoms with Gasteiger partial charge in [-0.15, -0.1) is 24.0 Å². The lowest BCUT2D eigenvalue weighted by molar-refractivity contribution is 0.222. The molecule has 2 fully saturated rings. The maximum absolute atomic E-state index is 5.97. The van der Waals surface area contributed by atoms with E-state index < -0.39 is 0 Å². The Morgan fingerprint density at radius 2 is 2.00 bits per heavy atom. The van der Waals surface area contributed by atoms with Crippen molar-refractivity contribution in [2.45, 2.75) is 57.2 Å². The highest BCUT2D eigenvalue weighted by Crippen LogP contribution is 2.26. The Morgan fingerprint density at radius 3 is 2.71 bits per heavy atom. The molecule has 3 rings (SSSR count). The van der Waals surface area contributed by atoms with Crippen LogP contribution in [0.3, 0.4) is 0 Å². The van der Waals surface area contributed by atoms with E-state index >= 15 is 0 Å². The molecule has 2 N–H and O–H groups in total. The third kappa shape index (κ3) is 6.69. The van der Waals surface area contributed by atoms with E-state index in [1.54, 1.807) is 7.11 Å². The first-order chi connectivity index (χ1) is 13.2. The van der Waals surface area contributed by atoms with E-state index in [4.69, 9.17) is 9.47 Å². The number of methoxy groups -OCH3 is 1. The highest BCUT2D eigenvalue weighted by molar-refractivity contribution is 14.0. The van der Waals surface area contributed by atoms with Crippen LogP contribution in [0.4, 0.5) is 0 Å². The zero-order valence-electron chi connectivity index (χ0n) is 17.3. The highest BCUT2D eigenvalue weighted by atomic mass is 127. The van der Waals surface area contributed by atoms with Crippen LogP contribution in [0.25, 0.3) is 0 Å². The minimum atomic E-state index is 0. The molecule has 0 bridgehead atoms. The number of guanidine groups is 1. The number of nitrogens with one attached hydrogen (secondary N) is 2. The molecule has 1 aliphatic heterocycles. The highest BCUT2D eigenvalue weighted by Gasteiger charge is 2.30. The summed E-state index contributed by atoms with van der Waals surface area (Å²) in [6.07, 6.45) is 6.75. The number of nitrogens with zero attached hydrogens (tertiary/aromatic N) is 2. The van der Waals surface area contributed by atoms with Crippen LogP contribution in [0, 0.1) is 0 Å². The third-order valence-electron chi connectivity index (χ3n) is 5.56. The number of likely N-dealkylation sites (tertiary alicyclic amines) is 1. The molecule has 1 heterocycles. The first-order valence-electron chi connectivity index (χ1n) is 10.2. The Kier molecular flexibility index (Phi) is 9.64. The molecule has 7 heteroatoms. The Balaban J connectivity index is 0.00000280. The molecule has 0 amide bonds. The van der Waals surface area contributed by atoms with E-state index in [9.17, 15) is 0 Å². The van der Waals surface area contributed by atoms with Gasteiger partial charge in [-0.3, -0.25) is 9.89 Å². The number of ether oxygens (including phenoxy) is 2. The summed E-state index contributed by atoms with van der Waals surface area (Å²) in [6.45, 7) is 5.07. The molecular weight excluding hydrogens is 467 g/mol. The van der Waals surface area contributed by atoms with Crippen molar-refractivity contribution in [1.82, 2.24) is 15.5 Å². The van der Waals surface area contributed by atoms with Gasteiger partial charge in [0.15, 0.2) is 5.96 Å². The summed E-state index contributed by atoms with van der Waals surface area (Å²) in [5.74, 6) is 2.47. The fraction of sp³-hybridized carbons (Fsp3) is 0.667. The lowest BCUT2D eigenvalue weighted by Gasteiger charge is -2.24. The van der Waals surface area contributed by atoms with Crippen LogP contribution in [-0.4, -0.2) is 62.8 Å². The second-order valence-electron chi connectivity index (χ2n) is 7.62. The van der Waals surface area contributed by atoms with Gasteiger partial charge in [0.2, 0.25) is 0 Å². The summed E-state index contributed by atoms with van der Waals surface area (Å²) in [4.78, 5) is 7.04. The van der Waals surface area contributed by atoms with Crippen molar-refractivity contribution in [3.63, 3.8) is 0 Å². The summed E-state index contributed by atoms with van der Waals surface area (Å²) >= 11 is 0. The Bertz CT molecular complexity index is 622. The SMILES string of the molecule is CN=C(NCC(C)Oc1cccc(OC)c1)NC1CCN(C2CCCC2)C1.I. The predicted molar refractivity (Wildman–Crippen MR) is 125 cm³/mol. The number of hydrogen-bond acceptors (Lipinski definition) is 4. The van der Waals surface area contributed by atoms with Gasteiger partial charge >= 0.3 is 0 Å². The van der Waals surface area contributed by atoms with Crippen LogP contribution < -0.4 is 20.1 Å². The van der Waals surface area contributed by atoms with Gasteiger partial charge in [-0.1, -0.05) is 18.9 Å². The topological polar surface area (TPSA) is 58.1 Å². The third-order valence-corrected chi connectivity index (χ3v) is 5.56. The van der Waals surface area contributed by atoms with Crippen molar-refractivity contribution in [3.8, 4) is 11.5 Å². The zero-order valence-corrected chi connectivity index (χ0v) is 19.6. The van der Waals surface area contributed by atoms with Crippen molar-refractivity contribution in [2.75, 3.05) is 33.8 Å². The number of rotatable bonds is 7. The average Bonchev–Trinajstić information content (AvgIpc) is 3.37. The summed E-state index contributed by atoms with van der Waals surface area (Å²) < 4.78 is 11.2. The Hall–Kier alpha value is -1.22. The van der Waals surface area contributed by atoms with Gasteiger partial charge in [0.1, 0.15) is 17.6 Å². The fourth-order valence-electron chi connectivity index (χ4n) is 4.08. The second kappa shape index (κ2) is 11.7. The van der Waals surface area contributed by atoms with Crippen molar-refractivity contribution >= 4 is 29.9 Å². The van der Waals surface area contributed by atoms with E-state index in [1.165, 1.54) is 38.6 Å². The van der Waals surface area contributed by atoms with Gasteiger partial charge in [-0.2, -0.15) is 0 Å². The molecule has 1 aromatic rings. The molecule has 1 saturated heterocycles. The molecule has 2 aliphatic rings. The molecule has 158 valence electrons. The van der Waals surface area contributed by atoms with Gasteiger partial charge in [0, 0.05) is 38.3 Å². The first-order valence-corrected chi connectivity index (χ1v) is 10.2. The maximum Gasteiger partial charge on any atom is 0.191 e. The van der Waals surface area contributed by atoms with E-state index in [0.29, 0.717) is 12.6 Å². The minimum absolute atomic E-state index is 0. The van der Waals surface area contributed by atoms with Gasteiger partial charge in [0.05, 0.1) is 13.7 Å². The standard InChI is InChI=1S/C21H34N4O2.HI/c1-16(27-20-10-6-9-19(13-20)26-3)14-23-21(22-2)24-17-11-12-25(15-17)18-7-4-5-8-18;/h6,9-10,13,16-18H,4-5,7-8,11-12,14-15H2,1-3H3,(H2,22,23,24);1H. The normalized spacial score (nSPS) is 21.8. The number of hydrogen-bond donors (Lipinski definition) is 2. The molecule has 1 saturated carbocycles. The Labute approximate surface area is 186 Å². The van der Waals surface area contributed by atoms with Crippen LogP contribution in [-0.2, 0) is 0 Å². The number of halogens is 1. The lowest BCUT2D eigenvalue weighted by atomic mass is 10.2. The molecule has 0 aromatic heterocycles. The smallest absolute Gasteiger partial charge is 0.191 e. The Morgan fingerprint density at radius 1 is 1.25 bits per heavy atom. The van der Waals surface area contributed by atoms with Crippen LogP contribution in [0.2, 0.25) is 0 Å². The quantitative estimate of drug-likeness (QED) is 0.341. The van der Waals surface area contributed by atoms with Crippen molar-refractivity contribution in [1.29, 1.82) is 0 Å². The first kappa shape index (κ1) is 23.1. The zero-order chi connectivity index (χ0) is 19.1. The van der Waals surface area contributed by atoms with Crippen LogP contribution in [0.5, 0.6) is 11.5 Å². The summed E-state index contributed by atoms with van der Waals surface area (Å²) in [5.41, 5.74) is 0. The summed E-state index contributed by atoms with van der Waals surface area (Å²) in [5, 5.41) is 6.97. The van der Waals surface area contributed by atoms with E-state index in [0.717, 1.165) is 30.0 Å². The van der Waals surface area contributed by atoms with Crippen molar-refractivity contribution < 1.29 is 9.47 Å². The van der Waals surface area contributed by atoms with Gasteiger partial charge < -0.3 is 20.1 Å². The van der Waals surface area contributed by atoms with Crippen molar-refractivity contribution in [2.24, 2.45) is 4.99 Å². The molecule has 6 nitrogen and oxygen atoms in total. The predicted octanol–water partition coefficient (Wildman–Crippen LogP) is 3.26. The molecule has 2 atom stereocenters. The molecule has 0 radical (unpaired) electrons. The molecule has 28 heavy (non-hydrogen) atoms. The van der Waals surface area contributed by atoms with Crippen LogP contribution >= 0.6 is 24.0 Å². The van der Waals surface area contributed by atoms with Gasteiger partial charge in [-0.05, 0) is 38.3 Å².